The van der Waals surface area contributed by atoms with Gasteiger partial charge in [-0.15, -0.1) is 0 Å². The van der Waals surface area contributed by atoms with Gasteiger partial charge in [-0.25, -0.2) is 0 Å². The Morgan fingerprint density at radius 1 is 1.00 bits per heavy atom. The van der Waals surface area contributed by atoms with Crippen molar-refractivity contribution >= 4 is 23.6 Å². The van der Waals surface area contributed by atoms with Gasteiger partial charge in [0.2, 0.25) is 0 Å². The van der Waals surface area contributed by atoms with Crippen LogP contribution < -0.4 is 4.74 Å². The van der Waals surface area contributed by atoms with Crippen molar-refractivity contribution in [1.29, 1.82) is 0 Å². The summed E-state index contributed by atoms with van der Waals surface area (Å²) in [4.78, 5) is 50.6. The lowest BCUT2D eigenvalue weighted by Crippen LogP contribution is -2.45. The molecule has 0 spiro atoms. The lowest BCUT2D eigenvalue weighted by Gasteiger charge is -2.32. The Labute approximate surface area is 201 Å². The molecule has 8 heteroatoms. The first-order chi connectivity index (χ1) is 16.3. The molecule has 1 atom stereocenters. The monoisotopic (exact) mass is 475 g/mol. The predicted octanol–water partition coefficient (Wildman–Crippen LogP) is 3.95. The maximum atomic E-state index is 12.6. The Bertz CT molecular complexity index is 813. The van der Waals surface area contributed by atoms with Crippen LogP contribution in [-0.2, 0) is 23.9 Å². The Balaban J connectivity index is 1.71. The van der Waals surface area contributed by atoms with Gasteiger partial charge in [0, 0.05) is 25.1 Å². The van der Waals surface area contributed by atoms with Gasteiger partial charge in [0.05, 0.1) is 25.6 Å². The van der Waals surface area contributed by atoms with Gasteiger partial charge in [-0.3, -0.25) is 19.2 Å². The molecule has 1 aromatic rings. The molecule has 1 amide bonds. The highest BCUT2D eigenvalue weighted by Gasteiger charge is 2.31. The zero-order valence-corrected chi connectivity index (χ0v) is 20.5. The molecule has 1 heterocycles. The number of hydrogen-bond acceptors (Lipinski definition) is 7. The first kappa shape index (κ1) is 27.3. The fraction of sp³-hybridized carbons (Fsp3) is 0.615. The zero-order valence-electron chi connectivity index (χ0n) is 20.5. The summed E-state index contributed by atoms with van der Waals surface area (Å²) in [5, 5.41) is 0. The molecule has 1 aliphatic rings. The molecule has 1 aromatic carbocycles. The van der Waals surface area contributed by atoms with E-state index in [-0.39, 0.29) is 36.4 Å². The van der Waals surface area contributed by atoms with Crippen LogP contribution in [0.1, 0.15) is 76.1 Å². The van der Waals surface area contributed by atoms with Crippen molar-refractivity contribution in [2.24, 2.45) is 5.92 Å². The number of benzene rings is 1. The number of hydrogen-bond donors (Lipinski definition) is 0. The largest absolute Gasteiger partial charge is 0.494 e. The topological polar surface area (TPSA) is 99.2 Å². The summed E-state index contributed by atoms with van der Waals surface area (Å²) < 4.78 is 15.9. The molecule has 0 radical (unpaired) electrons. The summed E-state index contributed by atoms with van der Waals surface area (Å²) in [5.74, 6) is -0.773. The molecule has 0 aliphatic carbocycles. The zero-order chi connectivity index (χ0) is 24.9. The number of unbranched alkanes of at least 4 members (excludes halogenated alkanes) is 2. The molecule has 2 rings (SSSR count). The maximum absolute atomic E-state index is 12.6. The normalized spacial score (nSPS) is 14.9. The van der Waals surface area contributed by atoms with E-state index in [9.17, 15) is 19.2 Å². The number of piperidine rings is 1. The molecule has 1 aliphatic heterocycles. The van der Waals surface area contributed by atoms with Crippen molar-refractivity contribution in [2.75, 3.05) is 26.3 Å². The minimum absolute atomic E-state index is 0.00137. The lowest BCUT2D eigenvalue weighted by molar-refractivity contribution is -0.160. The van der Waals surface area contributed by atoms with Crippen LogP contribution in [0.15, 0.2) is 24.3 Å². The van der Waals surface area contributed by atoms with Gasteiger partial charge in [-0.2, -0.15) is 0 Å². The number of amides is 1. The first-order valence-corrected chi connectivity index (χ1v) is 12.3. The summed E-state index contributed by atoms with van der Waals surface area (Å²) in [6.45, 7) is 7.24. The average Bonchev–Trinajstić information content (AvgIpc) is 2.85. The van der Waals surface area contributed by atoms with E-state index >= 15 is 0 Å². The number of Topliss-reactive ketones (excluding diaryl/α,β-unsaturated/α-hetero) is 1. The molecular weight excluding hydrogens is 438 g/mol. The quantitative estimate of drug-likeness (QED) is 0.242. The molecular formula is C26H37NO7. The van der Waals surface area contributed by atoms with Gasteiger partial charge in [0.1, 0.15) is 5.75 Å². The second-order valence-corrected chi connectivity index (χ2v) is 8.49. The van der Waals surface area contributed by atoms with Crippen molar-refractivity contribution in [3.63, 3.8) is 0 Å². The number of carbonyl (C=O) groups is 4. The molecule has 0 N–H and O–H groups in total. The van der Waals surface area contributed by atoms with E-state index in [0.717, 1.165) is 19.3 Å². The van der Waals surface area contributed by atoms with E-state index in [1.54, 1.807) is 36.1 Å². The van der Waals surface area contributed by atoms with E-state index in [1.165, 1.54) is 6.92 Å². The summed E-state index contributed by atoms with van der Waals surface area (Å²) >= 11 is 0. The minimum atomic E-state index is -0.939. The number of esters is 2. The molecule has 0 bridgehead atoms. The fourth-order valence-corrected chi connectivity index (χ4v) is 3.80. The molecule has 0 aromatic heterocycles. The highest BCUT2D eigenvalue weighted by molar-refractivity contribution is 5.97. The van der Waals surface area contributed by atoms with Crippen LogP contribution in [0.2, 0.25) is 0 Å². The number of carbonyl (C=O) groups excluding carboxylic acids is 4. The molecule has 1 unspecified atom stereocenters. The summed E-state index contributed by atoms with van der Waals surface area (Å²) in [6.07, 6.45) is 3.26. The van der Waals surface area contributed by atoms with Gasteiger partial charge in [-0.05, 0) is 57.4 Å². The number of ether oxygens (including phenoxy) is 3. The van der Waals surface area contributed by atoms with Crippen LogP contribution in [0.5, 0.6) is 5.75 Å². The van der Waals surface area contributed by atoms with Crippen molar-refractivity contribution in [2.45, 2.75) is 71.8 Å². The Morgan fingerprint density at radius 3 is 2.29 bits per heavy atom. The van der Waals surface area contributed by atoms with E-state index in [0.29, 0.717) is 50.5 Å². The van der Waals surface area contributed by atoms with E-state index < -0.39 is 12.1 Å². The van der Waals surface area contributed by atoms with Crippen LogP contribution in [0.25, 0.3) is 0 Å². The molecule has 1 saturated heterocycles. The molecule has 0 saturated carbocycles. The van der Waals surface area contributed by atoms with Gasteiger partial charge in [0.25, 0.3) is 5.91 Å². The number of ketones is 1. The first-order valence-electron chi connectivity index (χ1n) is 12.3. The van der Waals surface area contributed by atoms with Gasteiger partial charge in [0.15, 0.2) is 11.9 Å². The highest BCUT2D eigenvalue weighted by Crippen LogP contribution is 2.20. The van der Waals surface area contributed by atoms with Crippen LogP contribution in [0.4, 0.5) is 0 Å². The van der Waals surface area contributed by atoms with E-state index in [4.69, 9.17) is 14.2 Å². The highest BCUT2D eigenvalue weighted by atomic mass is 16.5. The summed E-state index contributed by atoms with van der Waals surface area (Å²) in [7, 11) is 0. The van der Waals surface area contributed by atoms with Crippen molar-refractivity contribution in [3.05, 3.63) is 29.8 Å². The second-order valence-electron chi connectivity index (χ2n) is 8.49. The fourth-order valence-electron chi connectivity index (χ4n) is 3.80. The summed E-state index contributed by atoms with van der Waals surface area (Å²) in [5.41, 5.74) is 0.502. The van der Waals surface area contributed by atoms with E-state index in [2.05, 4.69) is 6.92 Å². The standard InChI is InChI=1S/C26H37NO7/c1-4-6-7-18-33-22-10-8-20(9-11-22)23(28)12-13-24(29)34-19(3)25(30)27-16-14-21(15-17-27)26(31)32-5-2/h8-11,19,21H,4-7,12-18H2,1-3H3. The molecule has 1 fully saturated rings. The van der Waals surface area contributed by atoms with Crippen LogP contribution in [0, 0.1) is 5.92 Å². The number of likely N-dealkylation sites (tertiary alicyclic amines) is 1. The Morgan fingerprint density at radius 2 is 1.68 bits per heavy atom. The Hall–Kier alpha value is -2.90. The van der Waals surface area contributed by atoms with Crippen LogP contribution >= 0.6 is 0 Å². The van der Waals surface area contributed by atoms with E-state index in [1.807, 2.05) is 0 Å². The second kappa shape index (κ2) is 14.4. The SMILES string of the molecule is CCCCCOc1ccc(C(=O)CCC(=O)OC(C)C(=O)N2CCC(C(=O)OCC)CC2)cc1. The molecule has 188 valence electrons. The third-order valence-electron chi connectivity index (χ3n) is 5.83. The third-order valence-corrected chi connectivity index (χ3v) is 5.83. The number of nitrogens with zero attached hydrogens (tertiary/aromatic N) is 1. The summed E-state index contributed by atoms with van der Waals surface area (Å²) in [6, 6.07) is 6.89. The molecule has 34 heavy (non-hydrogen) atoms. The van der Waals surface area contributed by atoms with Crippen molar-refractivity contribution < 1.29 is 33.4 Å². The van der Waals surface area contributed by atoms with Gasteiger partial charge < -0.3 is 19.1 Å². The lowest BCUT2D eigenvalue weighted by atomic mass is 9.97. The van der Waals surface area contributed by atoms with Crippen LogP contribution in [-0.4, -0.2) is 60.9 Å². The van der Waals surface area contributed by atoms with Crippen molar-refractivity contribution in [3.8, 4) is 5.75 Å². The molecule has 8 nitrogen and oxygen atoms in total. The third kappa shape index (κ3) is 8.80. The average molecular weight is 476 g/mol. The minimum Gasteiger partial charge on any atom is -0.494 e. The number of rotatable bonds is 13. The van der Waals surface area contributed by atoms with Crippen molar-refractivity contribution in [1.82, 2.24) is 4.90 Å². The Kier molecular flexibility index (Phi) is 11.6. The maximum Gasteiger partial charge on any atom is 0.309 e. The predicted molar refractivity (Wildman–Crippen MR) is 127 cm³/mol. The smallest absolute Gasteiger partial charge is 0.309 e. The van der Waals surface area contributed by atoms with Gasteiger partial charge in [-0.1, -0.05) is 19.8 Å². The van der Waals surface area contributed by atoms with Gasteiger partial charge >= 0.3 is 11.9 Å². The van der Waals surface area contributed by atoms with Crippen LogP contribution in [0.3, 0.4) is 0 Å².